The average Bonchev–Trinajstić information content (AvgIpc) is 2.49. The molecular weight excluding hydrogens is 164 g/mol. The SMILES string of the molecule is CN(C)c1nc2c(N)cccc2[nH]1. The third-order valence-electron chi connectivity index (χ3n) is 1.96. The normalized spacial score (nSPS) is 10.6. The molecule has 0 atom stereocenters. The van der Waals surface area contributed by atoms with E-state index in [0.717, 1.165) is 17.0 Å². The molecule has 2 aromatic rings. The predicted octanol–water partition coefficient (Wildman–Crippen LogP) is 1.21. The summed E-state index contributed by atoms with van der Waals surface area (Å²) in [4.78, 5) is 9.44. The summed E-state index contributed by atoms with van der Waals surface area (Å²) in [5, 5.41) is 0. The van der Waals surface area contributed by atoms with Crippen molar-refractivity contribution in [2.24, 2.45) is 0 Å². The molecule has 68 valence electrons. The lowest BCUT2D eigenvalue weighted by Gasteiger charge is -2.05. The van der Waals surface area contributed by atoms with Crippen molar-refractivity contribution >= 4 is 22.7 Å². The lowest BCUT2D eigenvalue weighted by atomic mass is 10.3. The van der Waals surface area contributed by atoms with Crippen molar-refractivity contribution in [3.63, 3.8) is 0 Å². The Morgan fingerprint density at radius 2 is 2.15 bits per heavy atom. The topological polar surface area (TPSA) is 57.9 Å². The number of hydrogen-bond donors (Lipinski definition) is 2. The first-order valence-electron chi connectivity index (χ1n) is 4.10. The number of fused-ring (bicyclic) bond motifs is 1. The van der Waals surface area contributed by atoms with Crippen LogP contribution in [0.1, 0.15) is 0 Å². The predicted molar refractivity (Wildman–Crippen MR) is 54.8 cm³/mol. The highest BCUT2D eigenvalue weighted by Crippen LogP contribution is 2.20. The zero-order valence-corrected chi connectivity index (χ0v) is 7.70. The highest BCUT2D eigenvalue weighted by atomic mass is 15.2. The second-order valence-electron chi connectivity index (χ2n) is 3.20. The Morgan fingerprint density at radius 3 is 2.77 bits per heavy atom. The Hall–Kier alpha value is -1.71. The summed E-state index contributed by atoms with van der Waals surface area (Å²) in [7, 11) is 3.88. The summed E-state index contributed by atoms with van der Waals surface area (Å²) >= 11 is 0. The van der Waals surface area contributed by atoms with Crippen LogP contribution in [0.25, 0.3) is 11.0 Å². The van der Waals surface area contributed by atoms with Crippen molar-refractivity contribution in [3.8, 4) is 0 Å². The minimum absolute atomic E-state index is 0.710. The third kappa shape index (κ3) is 1.20. The summed E-state index contributed by atoms with van der Waals surface area (Å²) in [6.07, 6.45) is 0. The molecule has 0 aliphatic carbocycles. The largest absolute Gasteiger partial charge is 0.397 e. The molecule has 4 nitrogen and oxygen atoms in total. The number of anilines is 2. The summed E-state index contributed by atoms with van der Waals surface area (Å²) in [5.74, 6) is 0.827. The van der Waals surface area contributed by atoms with Gasteiger partial charge in [0.05, 0.1) is 11.2 Å². The van der Waals surface area contributed by atoms with Gasteiger partial charge in [0.15, 0.2) is 0 Å². The second kappa shape index (κ2) is 2.65. The molecule has 4 heteroatoms. The quantitative estimate of drug-likeness (QED) is 0.642. The van der Waals surface area contributed by atoms with Gasteiger partial charge in [-0.05, 0) is 12.1 Å². The number of H-pyrrole nitrogens is 1. The molecule has 0 radical (unpaired) electrons. The number of para-hydroxylation sites is 1. The molecule has 0 amide bonds. The number of imidazole rings is 1. The smallest absolute Gasteiger partial charge is 0.203 e. The molecule has 0 bridgehead atoms. The molecule has 0 saturated heterocycles. The van der Waals surface area contributed by atoms with Gasteiger partial charge in [0.2, 0.25) is 5.95 Å². The van der Waals surface area contributed by atoms with Crippen LogP contribution in [0.15, 0.2) is 18.2 Å². The summed E-state index contributed by atoms with van der Waals surface area (Å²) in [6, 6.07) is 5.73. The number of hydrogen-bond acceptors (Lipinski definition) is 3. The summed E-state index contributed by atoms with van der Waals surface area (Å²) < 4.78 is 0. The van der Waals surface area contributed by atoms with Crippen molar-refractivity contribution in [2.45, 2.75) is 0 Å². The molecule has 3 N–H and O–H groups in total. The molecule has 2 rings (SSSR count). The van der Waals surface area contributed by atoms with Gasteiger partial charge in [-0.15, -0.1) is 0 Å². The Labute approximate surface area is 76.4 Å². The van der Waals surface area contributed by atoms with Gasteiger partial charge < -0.3 is 15.6 Å². The van der Waals surface area contributed by atoms with E-state index < -0.39 is 0 Å². The van der Waals surface area contributed by atoms with Crippen molar-refractivity contribution in [1.29, 1.82) is 0 Å². The molecule has 0 aliphatic rings. The highest BCUT2D eigenvalue weighted by molar-refractivity contribution is 5.88. The summed E-state index contributed by atoms with van der Waals surface area (Å²) in [5.41, 5.74) is 8.29. The number of aromatic amines is 1. The summed E-state index contributed by atoms with van der Waals surface area (Å²) in [6.45, 7) is 0. The molecule has 0 spiro atoms. The number of aromatic nitrogens is 2. The minimum atomic E-state index is 0.710. The van der Waals surface area contributed by atoms with E-state index in [-0.39, 0.29) is 0 Å². The van der Waals surface area contributed by atoms with Crippen molar-refractivity contribution in [1.82, 2.24) is 9.97 Å². The van der Waals surface area contributed by atoms with Crippen LogP contribution in [-0.4, -0.2) is 24.1 Å². The third-order valence-corrected chi connectivity index (χ3v) is 1.96. The van der Waals surface area contributed by atoms with Gasteiger partial charge in [-0.25, -0.2) is 4.98 Å². The van der Waals surface area contributed by atoms with Crippen LogP contribution in [0, 0.1) is 0 Å². The molecule has 13 heavy (non-hydrogen) atoms. The molecule has 0 fully saturated rings. The van der Waals surface area contributed by atoms with E-state index in [4.69, 9.17) is 5.73 Å². The maximum Gasteiger partial charge on any atom is 0.203 e. The van der Waals surface area contributed by atoms with E-state index >= 15 is 0 Å². The van der Waals surface area contributed by atoms with Crippen LogP contribution in [0.2, 0.25) is 0 Å². The van der Waals surface area contributed by atoms with Gasteiger partial charge in [-0.2, -0.15) is 0 Å². The maximum atomic E-state index is 5.77. The zero-order chi connectivity index (χ0) is 9.42. The van der Waals surface area contributed by atoms with Crippen molar-refractivity contribution < 1.29 is 0 Å². The van der Waals surface area contributed by atoms with E-state index in [9.17, 15) is 0 Å². The molecule has 1 heterocycles. The van der Waals surface area contributed by atoms with Gasteiger partial charge >= 0.3 is 0 Å². The number of benzene rings is 1. The molecular formula is C9H12N4. The number of rotatable bonds is 1. The van der Waals surface area contributed by atoms with Crippen molar-refractivity contribution in [3.05, 3.63) is 18.2 Å². The van der Waals surface area contributed by atoms with Gasteiger partial charge in [0.1, 0.15) is 5.52 Å². The van der Waals surface area contributed by atoms with Gasteiger partial charge in [-0.1, -0.05) is 6.07 Å². The second-order valence-corrected chi connectivity index (χ2v) is 3.20. The fourth-order valence-corrected chi connectivity index (χ4v) is 1.25. The minimum Gasteiger partial charge on any atom is -0.397 e. The lowest BCUT2D eigenvalue weighted by molar-refractivity contribution is 1.05. The average molecular weight is 176 g/mol. The molecule has 0 saturated carbocycles. The van der Waals surface area contributed by atoms with E-state index in [2.05, 4.69) is 9.97 Å². The standard InChI is InChI=1S/C9H12N4/c1-13(2)9-11-7-5-3-4-6(10)8(7)12-9/h3-5H,10H2,1-2H3,(H,11,12). The Bertz CT molecular complexity index is 430. The van der Waals surface area contributed by atoms with Crippen LogP contribution in [0.4, 0.5) is 11.6 Å². The molecule has 0 aliphatic heterocycles. The number of nitrogens with one attached hydrogen (secondary N) is 1. The molecule has 0 unspecified atom stereocenters. The van der Waals surface area contributed by atoms with E-state index in [1.165, 1.54) is 0 Å². The highest BCUT2D eigenvalue weighted by Gasteiger charge is 2.05. The molecule has 1 aromatic heterocycles. The fraction of sp³-hybridized carbons (Fsp3) is 0.222. The first-order chi connectivity index (χ1) is 6.18. The van der Waals surface area contributed by atoms with Crippen LogP contribution in [0.3, 0.4) is 0 Å². The van der Waals surface area contributed by atoms with Crippen LogP contribution in [0.5, 0.6) is 0 Å². The fourth-order valence-electron chi connectivity index (χ4n) is 1.25. The first-order valence-corrected chi connectivity index (χ1v) is 4.10. The number of nitrogens with zero attached hydrogens (tertiary/aromatic N) is 2. The Morgan fingerprint density at radius 1 is 1.38 bits per heavy atom. The first kappa shape index (κ1) is 7.91. The molecule has 1 aromatic carbocycles. The Kier molecular flexibility index (Phi) is 1.62. The van der Waals surface area contributed by atoms with Gasteiger partial charge in [0.25, 0.3) is 0 Å². The number of nitrogens with two attached hydrogens (primary N) is 1. The monoisotopic (exact) mass is 176 g/mol. The van der Waals surface area contributed by atoms with E-state index in [1.807, 2.05) is 37.2 Å². The number of nitrogen functional groups attached to an aromatic ring is 1. The van der Waals surface area contributed by atoms with Crippen LogP contribution in [-0.2, 0) is 0 Å². The van der Waals surface area contributed by atoms with E-state index in [1.54, 1.807) is 0 Å². The van der Waals surface area contributed by atoms with Crippen LogP contribution >= 0.6 is 0 Å². The Balaban J connectivity index is 2.68. The lowest BCUT2D eigenvalue weighted by Crippen LogP contribution is -2.09. The van der Waals surface area contributed by atoms with Gasteiger partial charge in [-0.3, -0.25) is 0 Å². The van der Waals surface area contributed by atoms with E-state index in [0.29, 0.717) is 5.69 Å². The van der Waals surface area contributed by atoms with Crippen LogP contribution < -0.4 is 10.6 Å². The van der Waals surface area contributed by atoms with Gasteiger partial charge in [0, 0.05) is 14.1 Å². The zero-order valence-electron chi connectivity index (χ0n) is 7.70. The van der Waals surface area contributed by atoms with Crippen molar-refractivity contribution in [2.75, 3.05) is 24.7 Å². The maximum absolute atomic E-state index is 5.77.